The van der Waals surface area contributed by atoms with Crippen LogP contribution in [-0.2, 0) is 4.74 Å². The molecule has 1 heterocycles. The third kappa shape index (κ3) is 2.97. The van der Waals surface area contributed by atoms with Gasteiger partial charge in [0.2, 0.25) is 5.78 Å². The summed E-state index contributed by atoms with van der Waals surface area (Å²) < 4.78 is 16.0. The maximum Gasteiger partial charge on any atom is 0.203 e. The van der Waals surface area contributed by atoms with Crippen LogP contribution < -0.4 is 9.47 Å². The molecule has 0 saturated heterocycles. The second-order valence-corrected chi connectivity index (χ2v) is 3.77. The van der Waals surface area contributed by atoms with Crippen molar-refractivity contribution in [1.29, 1.82) is 0 Å². The number of benzene rings is 1. The van der Waals surface area contributed by atoms with E-state index in [4.69, 9.17) is 14.2 Å². The molecule has 0 aliphatic carbocycles. The third-order valence-corrected chi connectivity index (χ3v) is 2.52. The molecule has 0 unspecified atom stereocenters. The van der Waals surface area contributed by atoms with Gasteiger partial charge in [-0.15, -0.1) is 0 Å². The number of hydrogen-bond acceptors (Lipinski definition) is 4. The molecular formula is C13H16O4. The molecular weight excluding hydrogens is 220 g/mol. The van der Waals surface area contributed by atoms with Crippen molar-refractivity contribution in [2.24, 2.45) is 0 Å². The summed E-state index contributed by atoms with van der Waals surface area (Å²) in [6.45, 7) is 4.15. The summed E-state index contributed by atoms with van der Waals surface area (Å²) in [5.74, 6) is 1.38. The molecule has 4 nitrogen and oxygen atoms in total. The largest absolute Gasteiger partial charge is 0.493 e. The predicted octanol–water partition coefficient (Wildman–Crippen LogP) is 2.07. The third-order valence-electron chi connectivity index (χ3n) is 2.52. The zero-order chi connectivity index (χ0) is 12.1. The standard InChI is InChI=1S/C13H16O4/c1-2-15-6-3-7-16-10-4-5-11-12(14)9-17-13(11)8-10/h4-5,8H,2-3,6-7,9H2,1H3. The van der Waals surface area contributed by atoms with Crippen molar-refractivity contribution in [3.63, 3.8) is 0 Å². The molecule has 1 aromatic rings. The van der Waals surface area contributed by atoms with Crippen molar-refractivity contribution >= 4 is 5.78 Å². The molecule has 1 aromatic carbocycles. The van der Waals surface area contributed by atoms with Crippen molar-refractivity contribution < 1.29 is 19.0 Å². The minimum atomic E-state index is 0.0305. The fraction of sp³-hybridized carbons (Fsp3) is 0.462. The molecule has 0 amide bonds. The number of hydrogen-bond donors (Lipinski definition) is 0. The molecule has 0 aromatic heterocycles. The number of ketones is 1. The molecule has 17 heavy (non-hydrogen) atoms. The maximum atomic E-state index is 11.3. The lowest BCUT2D eigenvalue weighted by molar-refractivity contribution is 0.0961. The van der Waals surface area contributed by atoms with Gasteiger partial charge in [-0.3, -0.25) is 4.79 Å². The van der Waals surface area contributed by atoms with Crippen LogP contribution in [0.1, 0.15) is 23.7 Å². The van der Waals surface area contributed by atoms with Gasteiger partial charge in [0.05, 0.1) is 12.2 Å². The Morgan fingerprint density at radius 2 is 2.24 bits per heavy atom. The van der Waals surface area contributed by atoms with E-state index < -0.39 is 0 Å². The van der Waals surface area contributed by atoms with Crippen LogP contribution >= 0.6 is 0 Å². The minimum absolute atomic E-state index is 0.0305. The van der Waals surface area contributed by atoms with E-state index in [9.17, 15) is 4.79 Å². The fourth-order valence-electron chi connectivity index (χ4n) is 1.66. The topological polar surface area (TPSA) is 44.8 Å². The molecule has 0 saturated carbocycles. The van der Waals surface area contributed by atoms with Crippen LogP contribution in [0, 0.1) is 0 Å². The van der Waals surface area contributed by atoms with Gasteiger partial charge in [-0.1, -0.05) is 0 Å². The average Bonchev–Trinajstić information content (AvgIpc) is 2.71. The first-order chi connectivity index (χ1) is 8.31. The Hall–Kier alpha value is -1.55. The lowest BCUT2D eigenvalue weighted by Gasteiger charge is -2.07. The Labute approximate surface area is 100 Å². The second kappa shape index (κ2) is 5.68. The number of Topliss-reactive ketones (excluding diaryl/α,β-unsaturated/α-hetero) is 1. The van der Waals surface area contributed by atoms with E-state index in [2.05, 4.69) is 0 Å². The molecule has 2 rings (SSSR count). The Balaban J connectivity index is 1.84. The van der Waals surface area contributed by atoms with E-state index in [0.29, 0.717) is 24.5 Å². The molecule has 1 aliphatic heterocycles. The van der Waals surface area contributed by atoms with Crippen LogP contribution in [0.3, 0.4) is 0 Å². The summed E-state index contributed by atoms with van der Waals surface area (Å²) in [4.78, 5) is 11.3. The monoisotopic (exact) mass is 236 g/mol. The highest BCUT2D eigenvalue weighted by Gasteiger charge is 2.21. The van der Waals surface area contributed by atoms with Crippen molar-refractivity contribution in [3.05, 3.63) is 23.8 Å². The molecule has 0 bridgehead atoms. The zero-order valence-corrected chi connectivity index (χ0v) is 9.90. The van der Waals surface area contributed by atoms with Crippen molar-refractivity contribution in [2.75, 3.05) is 26.4 Å². The first-order valence-corrected chi connectivity index (χ1v) is 5.82. The van der Waals surface area contributed by atoms with Crippen LogP contribution in [0.5, 0.6) is 11.5 Å². The van der Waals surface area contributed by atoms with Gasteiger partial charge >= 0.3 is 0 Å². The second-order valence-electron chi connectivity index (χ2n) is 3.77. The van der Waals surface area contributed by atoms with Crippen molar-refractivity contribution in [3.8, 4) is 11.5 Å². The van der Waals surface area contributed by atoms with E-state index in [-0.39, 0.29) is 12.4 Å². The summed E-state index contributed by atoms with van der Waals surface area (Å²) in [6.07, 6.45) is 0.852. The SMILES string of the molecule is CCOCCCOc1ccc2c(c1)OCC2=O. The number of ether oxygens (including phenoxy) is 3. The predicted molar refractivity (Wildman–Crippen MR) is 62.9 cm³/mol. The molecule has 0 atom stereocenters. The molecule has 0 fully saturated rings. The molecule has 0 N–H and O–H groups in total. The van der Waals surface area contributed by atoms with Crippen LogP contribution in [0.25, 0.3) is 0 Å². The fourth-order valence-corrected chi connectivity index (χ4v) is 1.66. The number of carbonyl (C=O) groups excluding carboxylic acids is 1. The quantitative estimate of drug-likeness (QED) is 0.709. The number of carbonyl (C=O) groups is 1. The molecule has 92 valence electrons. The summed E-state index contributed by atoms with van der Waals surface area (Å²) in [6, 6.07) is 5.32. The summed E-state index contributed by atoms with van der Waals surface area (Å²) in [7, 11) is 0. The van der Waals surface area contributed by atoms with E-state index in [1.165, 1.54) is 0 Å². The lowest BCUT2D eigenvalue weighted by Crippen LogP contribution is -2.02. The van der Waals surface area contributed by atoms with Crippen LogP contribution in [0.2, 0.25) is 0 Å². The maximum absolute atomic E-state index is 11.3. The highest BCUT2D eigenvalue weighted by Crippen LogP contribution is 2.29. The molecule has 0 radical (unpaired) electrons. The molecule has 1 aliphatic rings. The molecule has 0 spiro atoms. The summed E-state index contributed by atoms with van der Waals surface area (Å²) in [5, 5.41) is 0. The van der Waals surface area contributed by atoms with Gasteiger partial charge < -0.3 is 14.2 Å². The van der Waals surface area contributed by atoms with E-state index in [1.54, 1.807) is 18.2 Å². The first-order valence-electron chi connectivity index (χ1n) is 5.82. The van der Waals surface area contributed by atoms with Crippen LogP contribution in [0.4, 0.5) is 0 Å². The summed E-state index contributed by atoms with van der Waals surface area (Å²) >= 11 is 0. The van der Waals surface area contributed by atoms with Crippen LogP contribution in [-0.4, -0.2) is 32.2 Å². The highest BCUT2D eigenvalue weighted by atomic mass is 16.5. The number of rotatable bonds is 6. The van der Waals surface area contributed by atoms with Crippen molar-refractivity contribution in [2.45, 2.75) is 13.3 Å². The van der Waals surface area contributed by atoms with Crippen LogP contribution in [0.15, 0.2) is 18.2 Å². The Bertz CT molecular complexity index is 400. The van der Waals surface area contributed by atoms with Gasteiger partial charge in [0.1, 0.15) is 11.5 Å². The Morgan fingerprint density at radius 1 is 1.35 bits per heavy atom. The van der Waals surface area contributed by atoms with Gasteiger partial charge in [-0.25, -0.2) is 0 Å². The van der Waals surface area contributed by atoms with Crippen molar-refractivity contribution in [1.82, 2.24) is 0 Å². The number of fused-ring (bicyclic) bond motifs is 1. The first kappa shape index (κ1) is 11.9. The molecule has 4 heteroatoms. The van der Waals surface area contributed by atoms with E-state index >= 15 is 0 Å². The Kier molecular flexibility index (Phi) is 3.98. The van der Waals surface area contributed by atoms with Gasteiger partial charge in [0.15, 0.2) is 6.61 Å². The van der Waals surface area contributed by atoms with E-state index in [1.807, 2.05) is 6.92 Å². The highest BCUT2D eigenvalue weighted by molar-refractivity contribution is 6.02. The minimum Gasteiger partial charge on any atom is -0.493 e. The van der Waals surface area contributed by atoms with Gasteiger partial charge in [-0.2, -0.15) is 0 Å². The average molecular weight is 236 g/mol. The lowest BCUT2D eigenvalue weighted by atomic mass is 10.1. The van der Waals surface area contributed by atoms with Gasteiger partial charge in [-0.05, 0) is 19.1 Å². The van der Waals surface area contributed by atoms with Gasteiger partial charge in [0, 0.05) is 25.7 Å². The normalized spacial score (nSPS) is 13.4. The van der Waals surface area contributed by atoms with Gasteiger partial charge in [0.25, 0.3) is 0 Å². The smallest absolute Gasteiger partial charge is 0.203 e. The summed E-state index contributed by atoms with van der Waals surface area (Å²) in [5.41, 5.74) is 0.645. The Morgan fingerprint density at radius 3 is 3.06 bits per heavy atom. The van der Waals surface area contributed by atoms with E-state index in [0.717, 1.165) is 18.8 Å². The zero-order valence-electron chi connectivity index (χ0n) is 9.90.